The molecule has 1 aromatic heterocycles. The van der Waals surface area contributed by atoms with Crippen LogP contribution in [0.4, 0.5) is 14.5 Å². The molecule has 0 radical (unpaired) electrons. The lowest BCUT2D eigenvalue weighted by Crippen LogP contribution is -2.41. The van der Waals surface area contributed by atoms with Crippen LogP contribution >= 0.6 is 11.6 Å². The van der Waals surface area contributed by atoms with Crippen molar-refractivity contribution in [2.75, 3.05) is 38.2 Å². The predicted molar refractivity (Wildman–Crippen MR) is 135 cm³/mol. The van der Waals surface area contributed by atoms with Crippen molar-refractivity contribution >= 4 is 27.3 Å². The van der Waals surface area contributed by atoms with Crippen LogP contribution in [0.5, 0.6) is 5.75 Å². The summed E-state index contributed by atoms with van der Waals surface area (Å²) in [6.07, 6.45) is 4.71. The van der Waals surface area contributed by atoms with Gasteiger partial charge in [-0.15, -0.1) is 0 Å². The molecule has 204 valence electrons. The molecule has 0 aliphatic carbocycles. The Hall–Kier alpha value is -2.28. The second kappa shape index (κ2) is 12.1. The number of piperidine rings is 1. The third-order valence-electron chi connectivity index (χ3n) is 6.80. The van der Waals surface area contributed by atoms with Gasteiger partial charge in [0.1, 0.15) is 15.7 Å². The maximum atomic E-state index is 13.3. The number of ether oxygens (including phenoxy) is 2. The topological polar surface area (TPSA) is 103 Å². The van der Waals surface area contributed by atoms with E-state index in [1.165, 1.54) is 27.3 Å². The van der Waals surface area contributed by atoms with Gasteiger partial charge in [0, 0.05) is 26.2 Å². The first-order valence-corrected chi connectivity index (χ1v) is 14.2. The molecule has 0 spiro atoms. The fourth-order valence-corrected chi connectivity index (χ4v) is 6.53. The van der Waals surface area contributed by atoms with E-state index in [2.05, 4.69) is 15.2 Å². The van der Waals surface area contributed by atoms with Crippen LogP contribution < -0.4 is 15.6 Å². The zero-order valence-electron chi connectivity index (χ0n) is 20.5. The highest BCUT2D eigenvalue weighted by molar-refractivity contribution is 7.89. The summed E-state index contributed by atoms with van der Waals surface area (Å²) >= 11 is 6.36. The summed E-state index contributed by atoms with van der Waals surface area (Å²) in [6, 6.07) is 3.84. The van der Waals surface area contributed by atoms with Crippen molar-refractivity contribution in [3.63, 3.8) is 0 Å². The Balaban J connectivity index is 1.45. The van der Waals surface area contributed by atoms with Gasteiger partial charge in [0.25, 0.3) is 5.56 Å². The van der Waals surface area contributed by atoms with E-state index in [1.807, 2.05) is 6.92 Å². The van der Waals surface area contributed by atoms with Gasteiger partial charge in [-0.1, -0.05) is 24.6 Å². The standard InChI is InChI=1S/C24H31ClF2N4O5S/c1-2-16-5-6-20(36-24(26)27)21(12-16)37(33,34)30-9-7-18(8-10-30)31-23(32)22(25)19(14-29-31)28-13-17-4-3-11-35-15-17/h5-6,12,14,17-18,24,28H,2-4,7-11,13,15H2,1H3. The highest BCUT2D eigenvalue weighted by Gasteiger charge is 2.33. The molecule has 0 saturated carbocycles. The highest BCUT2D eigenvalue weighted by Crippen LogP contribution is 2.33. The quantitative estimate of drug-likeness (QED) is 0.496. The number of aryl methyl sites for hydroxylation is 1. The third-order valence-corrected chi connectivity index (χ3v) is 9.08. The molecular weight excluding hydrogens is 530 g/mol. The number of hydrogen-bond donors (Lipinski definition) is 1. The maximum Gasteiger partial charge on any atom is 0.387 e. The lowest BCUT2D eigenvalue weighted by atomic mass is 10.0. The maximum absolute atomic E-state index is 13.3. The first-order valence-electron chi connectivity index (χ1n) is 12.4. The number of nitrogens with one attached hydrogen (secondary N) is 1. The fourth-order valence-electron chi connectivity index (χ4n) is 4.68. The molecule has 2 aliphatic rings. The molecule has 2 aliphatic heterocycles. The van der Waals surface area contributed by atoms with E-state index in [4.69, 9.17) is 16.3 Å². The average molecular weight is 561 g/mol. The Morgan fingerprint density at radius 2 is 2.03 bits per heavy atom. The molecule has 13 heteroatoms. The number of halogens is 3. The summed E-state index contributed by atoms with van der Waals surface area (Å²) in [7, 11) is -4.10. The van der Waals surface area contributed by atoms with Gasteiger partial charge in [-0.3, -0.25) is 4.79 Å². The van der Waals surface area contributed by atoms with E-state index in [0.29, 0.717) is 49.6 Å². The Labute approximate surface area is 219 Å². The lowest BCUT2D eigenvalue weighted by molar-refractivity contribution is -0.0518. The van der Waals surface area contributed by atoms with E-state index >= 15 is 0 Å². The first-order chi connectivity index (χ1) is 17.7. The van der Waals surface area contributed by atoms with Gasteiger partial charge in [-0.25, -0.2) is 13.1 Å². The number of benzene rings is 1. The number of rotatable bonds is 9. The molecule has 1 aromatic carbocycles. The van der Waals surface area contributed by atoms with Gasteiger partial charge in [-0.2, -0.15) is 18.2 Å². The number of aromatic nitrogens is 2. The van der Waals surface area contributed by atoms with Gasteiger partial charge < -0.3 is 14.8 Å². The first kappa shape index (κ1) is 27.7. The van der Waals surface area contributed by atoms with E-state index < -0.39 is 22.2 Å². The van der Waals surface area contributed by atoms with Crippen LogP contribution in [-0.2, 0) is 21.2 Å². The summed E-state index contributed by atoms with van der Waals surface area (Å²) in [5.41, 5.74) is 0.692. The van der Waals surface area contributed by atoms with Crippen LogP contribution in [0.15, 0.2) is 34.1 Å². The molecule has 0 amide bonds. The predicted octanol–water partition coefficient (Wildman–Crippen LogP) is 3.92. The van der Waals surface area contributed by atoms with Crippen molar-refractivity contribution in [1.29, 1.82) is 0 Å². The fraction of sp³-hybridized carbons (Fsp3) is 0.583. The molecule has 2 aromatic rings. The van der Waals surface area contributed by atoms with Crippen LogP contribution in [0.3, 0.4) is 0 Å². The van der Waals surface area contributed by atoms with Crippen LogP contribution in [0.2, 0.25) is 5.02 Å². The monoisotopic (exact) mass is 560 g/mol. The molecular formula is C24H31ClF2N4O5S. The van der Waals surface area contributed by atoms with Crippen molar-refractivity contribution in [2.24, 2.45) is 5.92 Å². The largest absolute Gasteiger partial charge is 0.433 e. The molecule has 37 heavy (non-hydrogen) atoms. The van der Waals surface area contributed by atoms with Crippen LogP contribution in [0.25, 0.3) is 0 Å². The summed E-state index contributed by atoms with van der Waals surface area (Å²) in [5.74, 6) is -0.0509. The zero-order chi connectivity index (χ0) is 26.6. The number of hydrogen-bond acceptors (Lipinski definition) is 7. The molecule has 2 saturated heterocycles. The summed E-state index contributed by atoms with van der Waals surface area (Å²) in [4.78, 5) is 12.7. The van der Waals surface area contributed by atoms with Crippen molar-refractivity contribution < 1.29 is 26.7 Å². The van der Waals surface area contributed by atoms with Gasteiger partial charge >= 0.3 is 6.61 Å². The SMILES string of the molecule is CCc1ccc(OC(F)F)c(S(=O)(=O)N2CCC(n3ncc(NCC4CCCOC4)c(Cl)c3=O)CC2)c1. The van der Waals surface area contributed by atoms with Gasteiger partial charge in [0.2, 0.25) is 10.0 Å². The van der Waals surface area contributed by atoms with Crippen LogP contribution in [-0.4, -0.2) is 62.0 Å². The van der Waals surface area contributed by atoms with Gasteiger partial charge in [-0.05, 0) is 55.7 Å². The Kier molecular flexibility index (Phi) is 9.04. The molecule has 1 atom stereocenters. The number of nitrogens with zero attached hydrogens (tertiary/aromatic N) is 3. The Bertz CT molecular complexity index is 1250. The van der Waals surface area contributed by atoms with E-state index in [9.17, 15) is 22.0 Å². The van der Waals surface area contributed by atoms with E-state index in [0.717, 1.165) is 19.4 Å². The summed E-state index contributed by atoms with van der Waals surface area (Å²) in [6.45, 7) is 0.919. The minimum Gasteiger partial charge on any atom is -0.433 e. The molecule has 4 rings (SSSR count). The number of anilines is 1. The zero-order valence-corrected chi connectivity index (χ0v) is 22.1. The minimum atomic E-state index is -4.10. The van der Waals surface area contributed by atoms with Crippen LogP contribution in [0.1, 0.15) is 44.2 Å². The van der Waals surface area contributed by atoms with Gasteiger partial charge in [0.15, 0.2) is 0 Å². The van der Waals surface area contributed by atoms with E-state index in [-0.39, 0.29) is 34.8 Å². The molecule has 9 nitrogen and oxygen atoms in total. The second-order valence-corrected chi connectivity index (χ2v) is 11.5. The summed E-state index contributed by atoms with van der Waals surface area (Å²) < 4.78 is 65.0. The lowest BCUT2D eigenvalue weighted by Gasteiger charge is -2.32. The summed E-state index contributed by atoms with van der Waals surface area (Å²) in [5, 5.41) is 7.52. The highest BCUT2D eigenvalue weighted by atomic mass is 35.5. The molecule has 1 unspecified atom stereocenters. The van der Waals surface area contributed by atoms with Gasteiger partial charge in [0.05, 0.1) is 24.5 Å². The molecule has 0 bridgehead atoms. The smallest absolute Gasteiger partial charge is 0.387 e. The molecule has 3 heterocycles. The normalized spacial score (nSPS) is 19.8. The number of alkyl halides is 2. The van der Waals surface area contributed by atoms with Crippen molar-refractivity contribution in [1.82, 2.24) is 14.1 Å². The van der Waals surface area contributed by atoms with Crippen LogP contribution in [0, 0.1) is 5.92 Å². The van der Waals surface area contributed by atoms with Crippen molar-refractivity contribution in [3.05, 3.63) is 45.3 Å². The Morgan fingerprint density at radius 1 is 1.27 bits per heavy atom. The molecule has 2 fully saturated rings. The third kappa shape index (κ3) is 6.42. The molecule has 1 N–H and O–H groups in total. The van der Waals surface area contributed by atoms with Crippen molar-refractivity contribution in [3.8, 4) is 5.75 Å². The minimum absolute atomic E-state index is 0.0342. The van der Waals surface area contributed by atoms with Crippen molar-refractivity contribution in [2.45, 2.75) is 56.6 Å². The van der Waals surface area contributed by atoms with E-state index in [1.54, 1.807) is 6.07 Å². The Morgan fingerprint density at radius 3 is 2.68 bits per heavy atom. The number of sulfonamides is 1. The average Bonchev–Trinajstić information content (AvgIpc) is 2.90. The second-order valence-electron chi connectivity index (χ2n) is 9.23.